The number of esters is 1. The van der Waals surface area contributed by atoms with E-state index in [2.05, 4.69) is 9.97 Å². The predicted molar refractivity (Wildman–Crippen MR) is 141 cm³/mol. The molecule has 0 bridgehead atoms. The lowest BCUT2D eigenvalue weighted by molar-refractivity contribution is -0.153. The first kappa shape index (κ1) is 29.5. The molecule has 216 valence electrons. The van der Waals surface area contributed by atoms with E-state index in [9.17, 15) is 27.0 Å². The topological polar surface area (TPSA) is 104 Å². The third-order valence-corrected chi connectivity index (χ3v) is 7.96. The monoisotopic (exact) mass is 580 g/mol. The van der Waals surface area contributed by atoms with E-state index in [0.717, 1.165) is 32.1 Å². The molecule has 0 spiro atoms. The van der Waals surface area contributed by atoms with Crippen LogP contribution in [0.2, 0.25) is 0 Å². The Morgan fingerprint density at radius 1 is 1.15 bits per heavy atom. The van der Waals surface area contributed by atoms with Crippen LogP contribution in [0.15, 0.2) is 41.7 Å². The van der Waals surface area contributed by atoms with Gasteiger partial charge in [-0.3, -0.25) is 14.0 Å². The van der Waals surface area contributed by atoms with E-state index >= 15 is 0 Å². The number of hydrogen-bond acceptors (Lipinski definition) is 7. The largest absolute Gasteiger partial charge is 0.484 e. The number of fused-ring (bicyclic) bond motifs is 1. The summed E-state index contributed by atoms with van der Waals surface area (Å²) in [6.07, 6.45) is 1.37. The highest BCUT2D eigenvalue weighted by Crippen LogP contribution is 2.28. The van der Waals surface area contributed by atoms with E-state index in [4.69, 9.17) is 9.47 Å². The van der Waals surface area contributed by atoms with Crippen LogP contribution in [-0.4, -0.2) is 67.6 Å². The summed E-state index contributed by atoms with van der Waals surface area (Å²) in [7, 11) is -1.89. The molecule has 2 aromatic heterocycles. The molecule has 1 aliphatic rings. The lowest BCUT2D eigenvalue weighted by Gasteiger charge is -2.34. The van der Waals surface area contributed by atoms with Crippen LogP contribution in [0.25, 0.3) is 11.0 Å². The molecule has 40 heavy (non-hydrogen) atoms. The summed E-state index contributed by atoms with van der Waals surface area (Å²) < 4.78 is 63.1. The lowest BCUT2D eigenvalue weighted by Crippen LogP contribution is -2.46. The average molecular weight is 581 g/mol. The number of alkyl halides is 3. The zero-order valence-corrected chi connectivity index (χ0v) is 23.1. The fourth-order valence-corrected chi connectivity index (χ4v) is 6.04. The number of carbonyl (C=O) groups is 2. The molecular weight excluding hydrogens is 549 g/mol. The van der Waals surface area contributed by atoms with E-state index in [1.807, 2.05) is 0 Å². The van der Waals surface area contributed by atoms with E-state index in [1.165, 1.54) is 23.8 Å². The molecule has 4 rings (SSSR count). The Kier molecular flexibility index (Phi) is 9.44. The van der Waals surface area contributed by atoms with Crippen LogP contribution in [0.5, 0.6) is 5.75 Å². The highest BCUT2D eigenvalue weighted by Gasteiger charge is 2.32. The molecule has 1 aliphatic carbocycles. The summed E-state index contributed by atoms with van der Waals surface area (Å²) in [4.78, 5) is 35.9. The first-order valence-corrected chi connectivity index (χ1v) is 14.3. The van der Waals surface area contributed by atoms with Gasteiger partial charge in [0.15, 0.2) is 6.61 Å². The van der Waals surface area contributed by atoms with Crippen LogP contribution < -0.4 is 4.74 Å². The molecule has 0 radical (unpaired) electrons. The number of benzene rings is 1. The second-order valence-corrected chi connectivity index (χ2v) is 10.9. The Morgan fingerprint density at radius 2 is 1.88 bits per heavy atom. The molecule has 0 unspecified atom stereocenters. The molecular formula is C27H31F3N4O5S. The molecule has 1 amide bonds. The number of imidazole rings is 1. The molecule has 1 atom stereocenters. The van der Waals surface area contributed by atoms with Gasteiger partial charge >= 0.3 is 18.2 Å². The summed E-state index contributed by atoms with van der Waals surface area (Å²) in [6.45, 7) is 1.57. The van der Waals surface area contributed by atoms with Gasteiger partial charge in [-0.25, -0.2) is 14.3 Å². The van der Waals surface area contributed by atoms with Crippen LogP contribution in [-0.2, 0) is 26.1 Å². The zero-order valence-electron chi connectivity index (χ0n) is 22.3. The summed E-state index contributed by atoms with van der Waals surface area (Å²) in [5, 5.41) is 0.00214. The Hall–Kier alpha value is -3.48. The number of nitrogens with zero attached hydrogens (tertiary/aromatic N) is 4. The maximum absolute atomic E-state index is 14.1. The third kappa shape index (κ3) is 7.18. The molecule has 9 nitrogen and oxygen atoms in total. The first-order valence-electron chi connectivity index (χ1n) is 13.0. The second kappa shape index (κ2) is 12.8. The van der Waals surface area contributed by atoms with Gasteiger partial charge in [0.25, 0.3) is 0 Å². The Balaban J connectivity index is 1.67. The SMILES string of the molecule is CC(=O)OCCN(C(=O)n1c([S@@](=O)Cc2nccc(OCC(F)(F)F)c2C)nc2ccccc21)C1CCCCC1. The van der Waals surface area contributed by atoms with Gasteiger partial charge in [-0.2, -0.15) is 13.2 Å². The summed E-state index contributed by atoms with van der Waals surface area (Å²) in [5.41, 5.74) is 1.52. The van der Waals surface area contributed by atoms with Crippen molar-refractivity contribution in [2.45, 2.75) is 69.1 Å². The Labute approximate surface area is 232 Å². The van der Waals surface area contributed by atoms with Crippen molar-refractivity contribution < 1.29 is 36.4 Å². The normalized spacial score (nSPS) is 15.1. The van der Waals surface area contributed by atoms with Gasteiger partial charge in [0.2, 0.25) is 5.16 Å². The second-order valence-electron chi connectivity index (χ2n) is 9.60. The third-order valence-electron chi connectivity index (χ3n) is 6.74. The number of halogens is 3. The average Bonchev–Trinajstić information content (AvgIpc) is 3.31. The quantitative estimate of drug-likeness (QED) is 0.322. The molecule has 0 saturated heterocycles. The first-order chi connectivity index (χ1) is 19.0. The van der Waals surface area contributed by atoms with Crippen LogP contribution in [0.3, 0.4) is 0 Å². The number of aromatic nitrogens is 3. The number of rotatable bonds is 9. The number of para-hydroxylation sites is 2. The molecule has 1 fully saturated rings. The fourth-order valence-electron chi connectivity index (χ4n) is 4.79. The smallest absolute Gasteiger partial charge is 0.422 e. The van der Waals surface area contributed by atoms with Crippen molar-refractivity contribution in [2.75, 3.05) is 19.8 Å². The van der Waals surface area contributed by atoms with Crippen molar-refractivity contribution in [3.8, 4) is 5.75 Å². The zero-order chi connectivity index (χ0) is 28.9. The highest BCUT2D eigenvalue weighted by atomic mass is 32.2. The Bertz CT molecular complexity index is 1390. The fraction of sp³-hybridized carbons (Fsp3) is 0.481. The number of ether oxygens (including phenoxy) is 2. The molecule has 2 heterocycles. The van der Waals surface area contributed by atoms with Crippen LogP contribution in [0.1, 0.15) is 50.3 Å². The van der Waals surface area contributed by atoms with Crippen molar-refractivity contribution in [3.05, 3.63) is 47.8 Å². The maximum Gasteiger partial charge on any atom is 0.422 e. The van der Waals surface area contributed by atoms with Gasteiger partial charge in [0.1, 0.15) is 12.4 Å². The summed E-state index contributed by atoms with van der Waals surface area (Å²) in [5.74, 6) is -0.657. The van der Waals surface area contributed by atoms with Gasteiger partial charge in [0.05, 0.1) is 39.8 Å². The van der Waals surface area contributed by atoms with Gasteiger partial charge in [-0.1, -0.05) is 31.4 Å². The van der Waals surface area contributed by atoms with E-state index in [0.29, 0.717) is 16.6 Å². The minimum Gasteiger partial charge on any atom is -0.484 e. The predicted octanol–water partition coefficient (Wildman–Crippen LogP) is 5.15. The van der Waals surface area contributed by atoms with E-state index in [-0.39, 0.29) is 41.5 Å². The number of carbonyl (C=O) groups excluding carboxylic acids is 2. The standard InChI is InChI=1S/C27H31F3N4O5S/c1-18-22(31-13-12-24(18)39-17-27(28,29)30)16-40(37)25-32-21-10-6-7-11-23(21)34(25)26(36)33(14-15-38-19(2)35)20-8-4-3-5-9-20/h6-7,10-13,20H,3-5,8-9,14-17H2,1-2H3/t40-/m0/s1. The van der Waals surface area contributed by atoms with Crippen LogP contribution in [0.4, 0.5) is 18.0 Å². The minimum absolute atomic E-state index is 0.00214. The Morgan fingerprint density at radius 3 is 2.58 bits per heavy atom. The lowest BCUT2D eigenvalue weighted by atomic mass is 9.94. The van der Waals surface area contributed by atoms with Gasteiger partial charge in [-0.15, -0.1) is 0 Å². The number of pyridine rings is 1. The van der Waals surface area contributed by atoms with E-state index < -0.39 is 35.6 Å². The summed E-state index contributed by atoms with van der Waals surface area (Å²) >= 11 is 0. The molecule has 1 saturated carbocycles. The van der Waals surface area contributed by atoms with Crippen molar-refractivity contribution in [1.82, 2.24) is 19.4 Å². The van der Waals surface area contributed by atoms with Crippen molar-refractivity contribution >= 4 is 33.8 Å². The molecule has 1 aromatic carbocycles. The van der Waals surface area contributed by atoms with Crippen LogP contribution >= 0.6 is 0 Å². The number of hydrogen-bond donors (Lipinski definition) is 0. The van der Waals surface area contributed by atoms with Crippen LogP contribution in [0, 0.1) is 6.92 Å². The van der Waals surface area contributed by atoms with Crippen molar-refractivity contribution in [3.63, 3.8) is 0 Å². The summed E-state index contributed by atoms with van der Waals surface area (Å²) in [6, 6.07) is 7.73. The minimum atomic E-state index is -4.51. The molecule has 0 N–H and O–H groups in total. The number of amides is 1. The van der Waals surface area contributed by atoms with Gasteiger partial charge < -0.3 is 14.4 Å². The molecule has 3 aromatic rings. The van der Waals surface area contributed by atoms with Gasteiger partial charge in [0, 0.05) is 24.7 Å². The maximum atomic E-state index is 14.1. The highest BCUT2D eigenvalue weighted by molar-refractivity contribution is 7.84. The van der Waals surface area contributed by atoms with Gasteiger partial charge in [-0.05, 0) is 38.0 Å². The molecule has 0 aliphatic heterocycles. The van der Waals surface area contributed by atoms with Crippen molar-refractivity contribution in [1.29, 1.82) is 0 Å². The molecule has 13 heteroatoms. The van der Waals surface area contributed by atoms with Crippen molar-refractivity contribution in [2.24, 2.45) is 0 Å². The van der Waals surface area contributed by atoms with E-state index in [1.54, 1.807) is 36.1 Å².